The lowest BCUT2D eigenvalue weighted by Crippen LogP contribution is -2.07. The van der Waals surface area contributed by atoms with Gasteiger partial charge in [-0.05, 0) is 48.5 Å². The van der Waals surface area contributed by atoms with Crippen LogP contribution in [-0.4, -0.2) is 17.4 Å². The fourth-order valence-corrected chi connectivity index (χ4v) is 3.09. The fourth-order valence-electron chi connectivity index (χ4n) is 3.09. The van der Waals surface area contributed by atoms with E-state index in [9.17, 15) is 13.6 Å². The summed E-state index contributed by atoms with van der Waals surface area (Å²) in [5, 5.41) is 8.59. The van der Waals surface area contributed by atoms with Gasteiger partial charge in [0.2, 0.25) is 0 Å². The van der Waals surface area contributed by atoms with Gasteiger partial charge in [-0.2, -0.15) is 0 Å². The van der Waals surface area contributed by atoms with Crippen LogP contribution in [0.1, 0.15) is 11.3 Å². The second-order valence-corrected chi connectivity index (χ2v) is 6.54. The van der Waals surface area contributed by atoms with E-state index in [2.05, 4.69) is 20.9 Å². The fraction of sp³-hybridized carbons (Fsp3) is 0.0909. The molecule has 5 nitrogen and oxygen atoms in total. The van der Waals surface area contributed by atoms with Crippen molar-refractivity contribution in [3.63, 3.8) is 0 Å². The first-order chi connectivity index (χ1) is 14.1. The maximum absolute atomic E-state index is 14.4. The molecule has 0 unspecified atom stereocenters. The minimum atomic E-state index is -0.425. The SMILES string of the molecule is O=C1Nc2cc(F)ccc2C1=CNc1ccc(NCCc2ccccn2)c(F)c1. The summed E-state index contributed by atoms with van der Waals surface area (Å²) in [6.07, 6.45) is 3.90. The number of pyridine rings is 1. The van der Waals surface area contributed by atoms with Crippen LogP contribution in [0, 0.1) is 11.6 Å². The first kappa shape index (κ1) is 18.6. The lowest BCUT2D eigenvalue weighted by molar-refractivity contribution is -0.110. The number of fused-ring (bicyclic) bond motifs is 1. The number of rotatable bonds is 6. The highest BCUT2D eigenvalue weighted by atomic mass is 19.1. The molecule has 1 aromatic heterocycles. The van der Waals surface area contributed by atoms with Gasteiger partial charge in [0.1, 0.15) is 11.6 Å². The molecule has 0 saturated carbocycles. The van der Waals surface area contributed by atoms with Gasteiger partial charge in [-0.15, -0.1) is 0 Å². The summed E-state index contributed by atoms with van der Waals surface area (Å²) in [6, 6.07) is 14.5. The second-order valence-electron chi connectivity index (χ2n) is 6.54. The van der Waals surface area contributed by atoms with E-state index >= 15 is 0 Å². The van der Waals surface area contributed by atoms with E-state index in [0.29, 0.717) is 41.2 Å². The molecule has 0 aliphatic carbocycles. The number of anilines is 3. The molecular weight excluding hydrogens is 374 g/mol. The van der Waals surface area contributed by atoms with Gasteiger partial charge < -0.3 is 16.0 Å². The summed E-state index contributed by atoms with van der Waals surface area (Å²) >= 11 is 0. The quantitative estimate of drug-likeness (QED) is 0.544. The van der Waals surface area contributed by atoms with Crippen LogP contribution in [0.2, 0.25) is 0 Å². The predicted molar refractivity (Wildman–Crippen MR) is 109 cm³/mol. The molecule has 3 N–H and O–H groups in total. The summed E-state index contributed by atoms with van der Waals surface area (Å²) in [6.45, 7) is 0.554. The van der Waals surface area contributed by atoms with E-state index in [1.165, 1.54) is 30.5 Å². The third-order valence-corrected chi connectivity index (χ3v) is 4.54. The molecule has 3 aromatic rings. The Bertz CT molecular complexity index is 1080. The molecule has 0 fully saturated rings. The van der Waals surface area contributed by atoms with Crippen LogP contribution >= 0.6 is 0 Å². The molecule has 4 rings (SSSR count). The summed E-state index contributed by atoms with van der Waals surface area (Å²) in [5.41, 5.74) is 3.18. The molecular formula is C22H18F2N4O. The molecule has 1 aliphatic rings. The standard InChI is InChI=1S/C22H18F2N4O/c23-14-4-6-17-18(22(29)28-21(17)11-14)13-27-16-5-7-20(19(24)12-16)26-10-8-15-3-1-2-9-25-15/h1-7,9,11-13,26-27H,8,10H2,(H,28,29). The van der Waals surface area contributed by atoms with Gasteiger partial charge in [-0.1, -0.05) is 6.07 Å². The molecule has 0 radical (unpaired) electrons. The van der Waals surface area contributed by atoms with Gasteiger partial charge >= 0.3 is 0 Å². The Hall–Kier alpha value is -3.74. The summed E-state index contributed by atoms with van der Waals surface area (Å²) in [5.74, 6) is -1.18. The number of amides is 1. The van der Waals surface area contributed by atoms with Gasteiger partial charge in [-0.25, -0.2) is 8.78 Å². The van der Waals surface area contributed by atoms with Crippen molar-refractivity contribution in [1.82, 2.24) is 4.98 Å². The minimum absolute atomic E-state index is 0.341. The average Bonchev–Trinajstić information content (AvgIpc) is 3.02. The zero-order valence-corrected chi connectivity index (χ0v) is 15.4. The van der Waals surface area contributed by atoms with Crippen molar-refractivity contribution in [3.05, 3.63) is 89.9 Å². The molecule has 0 atom stereocenters. The lowest BCUT2D eigenvalue weighted by Gasteiger charge is -2.09. The van der Waals surface area contributed by atoms with Gasteiger partial charge in [0, 0.05) is 42.3 Å². The van der Waals surface area contributed by atoms with Crippen LogP contribution in [0.3, 0.4) is 0 Å². The molecule has 1 amide bonds. The maximum atomic E-state index is 14.4. The van der Waals surface area contributed by atoms with E-state index < -0.39 is 11.6 Å². The van der Waals surface area contributed by atoms with E-state index in [0.717, 1.165) is 5.69 Å². The highest BCUT2D eigenvalue weighted by molar-refractivity contribution is 6.31. The minimum Gasteiger partial charge on any atom is -0.382 e. The largest absolute Gasteiger partial charge is 0.382 e. The highest BCUT2D eigenvalue weighted by Crippen LogP contribution is 2.32. The molecule has 0 spiro atoms. The second kappa shape index (κ2) is 8.10. The number of carbonyl (C=O) groups is 1. The van der Waals surface area contributed by atoms with Crippen LogP contribution in [0.5, 0.6) is 0 Å². The first-order valence-corrected chi connectivity index (χ1v) is 9.11. The van der Waals surface area contributed by atoms with Gasteiger partial charge in [0.05, 0.1) is 16.9 Å². The zero-order valence-electron chi connectivity index (χ0n) is 15.4. The Balaban J connectivity index is 1.41. The molecule has 2 aromatic carbocycles. The summed E-state index contributed by atoms with van der Waals surface area (Å²) < 4.78 is 27.7. The van der Waals surface area contributed by atoms with E-state index in [4.69, 9.17) is 0 Å². The van der Waals surface area contributed by atoms with Crippen molar-refractivity contribution in [2.24, 2.45) is 0 Å². The Labute approximate surface area is 166 Å². The summed E-state index contributed by atoms with van der Waals surface area (Å²) in [7, 11) is 0. The van der Waals surface area contributed by atoms with E-state index in [-0.39, 0.29) is 5.91 Å². The Kier molecular flexibility index (Phi) is 5.20. The molecule has 0 saturated heterocycles. The number of aromatic nitrogens is 1. The summed E-state index contributed by atoms with van der Waals surface area (Å²) in [4.78, 5) is 16.3. The third-order valence-electron chi connectivity index (χ3n) is 4.54. The van der Waals surface area contributed by atoms with Crippen molar-refractivity contribution in [1.29, 1.82) is 0 Å². The Morgan fingerprint density at radius 1 is 1.07 bits per heavy atom. The highest BCUT2D eigenvalue weighted by Gasteiger charge is 2.24. The molecule has 1 aliphatic heterocycles. The van der Waals surface area contributed by atoms with Gasteiger partial charge in [0.25, 0.3) is 5.91 Å². The van der Waals surface area contributed by atoms with Crippen LogP contribution in [0.15, 0.2) is 67.0 Å². The number of halogens is 2. The van der Waals surface area contributed by atoms with Crippen LogP contribution in [0.4, 0.5) is 25.8 Å². The number of hydrogen-bond acceptors (Lipinski definition) is 4. The monoisotopic (exact) mass is 392 g/mol. The number of hydrogen-bond donors (Lipinski definition) is 3. The van der Waals surface area contributed by atoms with Gasteiger partial charge in [-0.3, -0.25) is 9.78 Å². The normalized spacial score (nSPS) is 13.9. The van der Waals surface area contributed by atoms with Crippen LogP contribution in [-0.2, 0) is 11.2 Å². The van der Waals surface area contributed by atoms with E-state index in [1.807, 2.05) is 18.2 Å². The first-order valence-electron chi connectivity index (χ1n) is 9.11. The predicted octanol–water partition coefficient (Wildman–Crippen LogP) is 4.42. The Morgan fingerprint density at radius 2 is 1.97 bits per heavy atom. The van der Waals surface area contributed by atoms with Crippen LogP contribution < -0.4 is 16.0 Å². The smallest absolute Gasteiger partial charge is 0.257 e. The molecule has 2 heterocycles. The van der Waals surface area contributed by atoms with Crippen molar-refractivity contribution in [2.45, 2.75) is 6.42 Å². The van der Waals surface area contributed by atoms with Gasteiger partial charge in [0.15, 0.2) is 0 Å². The average molecular weight is 392 g/mol. The van der Waals surface area contributed by atoms with Crippen molar-refractivity contribution in [3.8, 4) is 0 Å². The topological polar surface area (TPSA) is 66.1 Å². The van der Waals surface area contributed by atoms with E-state index in [1.54, 1.807) is 18.3 Å². The van der Waals surface area contributed by atoms with Crippen molar-refractivity contribution in [2.75, 3.05) is 22.5 Å². The van der Waals surface area contributed by atoms with Crippen molar-refractivity contribution < 1.29 is 13.6 Å². The Morgan fingerprint density at radius 3 is 2.76 bits per heavy atom. The molecule has 146 valence electrons. The number of nitrogens with one attached hydrogen (secondary N) is 3. The maximum Gasteiger partial charge on any atom is 0.257 e. The molecule has 29 heavy (non-hydrogen) atoms. The molecule has 7 heteroatoms. The number of benzene rings is 2. The zero-order chi connectivity index (χ0) is 20.2. The number of carbonyl (C=O) groups excluding carboxylic acids is 1. The molecule has 0 bridgehead atoms. The van der Waals surface area contributed by atoms with Crippen molar-refractivity contribution >= 4 is 28.5 Å². The lowest BCUT2D eigenvalue weighted by atomic mass is 10.1. The number of nitrogens with zero attached hydrogens (tertiary/aromatic N) is 1. The van der Waals surface area contributed by atoms with Crippen LogP contribution in [0.25, 0.3) is 5.57 Å². The third kappa shape index (κ3) is 4.24.